The van der Waals surface area contributed by atoms with Crippen LogP contribution in [-0.2, 0) is 4.74 Å². The third-order valence-electron chi connectivity index (χ3n) is 5.68. The molecular weight excluding hydrogens is 473 g/mol. The summed E-state index contributed by atoms with van der Waals surface area (Å²) in [6, 6.07) is 6.04. The van der Waals surface area contributed by atoms with Crippen LogP contribution in [0.3, 0.4) is 0 Å². The average molecular weight is 494 g/mol. The van der Waals surface area contributed by atoms with Gasteiger partial charge in [-0.2, -0.15) is 0 Å². The van der Waals surface area contributed by atoms with Gasteiger partial charge < -0.3 is 14.5 Å². The second kappa shape index (κ2) is 9.44. The Hall–Kier alpha value is -3.05. The number of hydrogen-bond acceptors (Lipinski definition) is 6. The Labute approximate surface area is 200 Å². The molecule has 0 radical (unpaired) electrons. The van der Waals surface area contributed by atoms with Crippen molar-refractivity contribution in [2.45, 2.75) is 6.23 Å². The van der Waals surface area contributed by atoms with E-state index >= 15 is 0 Å². The first-order valence-corrected chi connectivity index (χ1v) is 11.0. The quantitative estimate of drug-likeness (QED) is 0.659. The fourth-order valence-corrected chi connectivity index (χ4v) is 4.07. The fourth-order valence-electron chi connectivity index (χ4n) is 3.76. The smallest absolute Gasteiger partial charge is 0.416 e. The Morgan fingerprint density at radius 3 is 2.61 bits per heavy atom. The molecule has 2 aliphatic rings. The zero-order valence-corrected chi connectivity index (χ0v) is 19.3. The lowest BCUT2D eigenvalue weighted by molar-refractivity contribution is 0.0669. The molecule has 174 valence electrons. The van der Waals surface area contributed by atoms with Crippen LogP contribution in [0.25, 0.3) is 0 Å². The van der Waals surface area contributed by atoms with Gasteiger partial charge in [0.15, 0.2) is 6.23 Å². The van der Waals surface area contributed by atoms with E-state index in [1.54, 1.807) is 23.1 Å². The number of carbonyl (C=O) groups excluding carboxylic acids is 3. The van der Waals surface area contributed by atoms with Crippen molar-refractivity contribution in [2.24, 2.45) is 0 Å². The minimum Gasteiger partial charge on any atom is -0.423 e. The van der Waals surface area contributed by atoms with Crippen molar-refractivity contribution in [2.75, 3.05) is 49.6 Å². The summed E-state index contributed by atoms with van der Waals surface area (Å²) in [5, 5.41) is -0.203. The Kier molecular flexibility index (Phi) is 6.61. The second-order valence-corrected chi connectivity index (χ2v) is 8.40. The molecule has 12 heteroatoms. The van der Waals surface area contributed by atoms with Gasteiger partial charge in [0.25, 0.3) is 11.1 Å². The first-order valence-electron chi connectivity index (χ1n) is 10.1. The third kappa shape index (κ3) is 4.69. The average Bonchev–Trinajstić information content (AvgIpc) is 3.20. The monoisotopic (exact) mass is 493 g/mol. The number of halogens is 2. The molecule has 2 aromatic rings. The van der Waals surface area contributed by atoms with Gasteiger partial charge in [0, 0.05) is 45.6 Å². The predicted octanol–water partition coefficient (Wildman–Crippen LogP) is 3.10. The number of rotatable bonds is 4. The highest BCUT2D eigenvalue weighted by molar-refractivity contribution is 7.96. The number of hydrogen-bond donors (Lipinski definition) is 1. The molecule has 9 nitrogen and oxygen atoms in total. The van der Waals surface area contributed by atoms with Crippen LogP contribution in [0.4, 0.5) is 25.4 Å². The zero-order chi connectivity index (χ0) is 23.7. The summed E-state index contributed by atoms with van der Waals surface area (Å²) in [5.74, 6) is -0.715. The molecule has 2 aliphatic heterocycles. The van der Waals surface area contributed by atoms with Crippen LogP contribution in [0.2, 0.25) is 5.02 Å². The summed E-state index contributed by atoms with van der Waals surface area (Å²) >= 11 is 9.82. The maximum absolute atomic E-state index is 15.0. The van der Waals surface area contributed by atoms with Crippen molar-refractivity contribution in [3.63, 3.8) is 0 Å². The van der Waals surface area contributed by atoms with E-state index in [4.69, 9.17) is 16.3 Å². The number of thiol groups is 1. The number of likely N-dealkylation sites (N-methyl/N-ethyl adjacent to an activating group) is 1. The Morgan fingerprint density at radius 2 is 1.97 bits per heavy atom. The standard InChI is InChI=1S/C21H21ClFN5O4S/c1-25(21(31)33)18-12-28(20(30)32-18)13-2-3-17(16(23)10-13)26-6-8-27(9-7-26)19(29)14-11-24-5-4-15(14)22/h2-5,10-11,18H,6-9,12H2,1H3,(H,31,33). The number of ether oxygens (including phenoxy) is 1. The largest absolute Gasteiger partial charge is 0.423 e. The van der Waals surface area contributed by atoms with E-state index in [9.17, 15) is 18.8 Å². The maximum atomic E-state index is 15.0. The van der Waals surface area contributed by atoms with Crippen molar-refractivity contribution >= 4 is 52.8 Å². The van der Waals surface area contributed by atoms with Crippen LogP contribution in [0, 0.1) is 5.82 Å². The zero-order valence-electron chi connectivity index (χ0n) is 17.6. The van der Waals surface area contributed by atoms with Crippen LogP contribution in [0.5, 0.6) is 0 Å². The van der Waals surface area contributed by atoms with Crippen molar-refractivity contribution in [3.05, 3.63) is 53.1 Å². The number of amides is 3. The van der Waals surface area contributed by atoms with Gasteiger partial charge in [-0.3, -0.25) is 24.4 Å². The number of benzene rings is 1. The molecule has 1 aromatic heterocycles. The molecule has 4 rings (SSSR count). The van der Waals surface area contributed by atoms with Crippen LogP contribution in [-0.4, -0.2) is 78.0 Å². The van der Waals surface area contributed by atoms with Gasteiger partial charge in [0.05, 0.1) is 28.5 Å². The molecule has 3 amide bonds. The van der Waals surface area contributed by atoms with E-state index in [2.05, 4.69) is 17.6 Å². The summed E-state index contributed by atoms with van der Waals surface area (Å²) in [6.07, 6.45) is 1.48. The highest BCUT2D eigenvalue weighted by Crippen LogP contribution is 2.29. The minimum absolute atomic E-state index is 0.0676. The number of piperazine rings is 1. The van der Waals surface area contributed by atoms with Gasteiger partial charge in [-0.15, -0.1) is 0 Å². The van der Waals surface area contributed by atoms with E-state index in [0.29, 0.717) is 48.1 Å². The summed E-state index contributed by atoms with van der Waals surface area (Å²) in [6.45, 7) is 1.73. The Morgan fingerprint density at radius 1 is 1.24 bits per heavy atom. The Balaban J connectivity index is 1.41. The summed E-state index contributed by atoms with van der Waals surface area (Å²) in [5.41, 5.74) is 1.03. The molecule has 2 fully saturated rings. The van der Waals surface area contributed by atoms with E-state index in [-0.39, 0.29) is 12.5 Å². The molecule has 3 heterocycles. The van der Waals surface area contributed by atoms with E-state index in [0.717, 1.165) is 0 Å². The van der Waals surface area contributed by atoms with E-state index in [1.165, 1.54) is 35.3 Å². The molecule has 1 aromatic carbocycles. The lowest BCUT2D eigenvalue weighted by Crippen LogP contribution is -2.49. The van der Waals surface area contributed by atoms with Crippen LogP contribution in [0.1, 0.15) is 10.4 Å². The number of pyridine rings is 1. The number of cyclic esters (lactones) is 1. The van der Waals surface area contributed by atoms with Gasteiger partial charge in [-0.25, -0.2) is 9.18 Å². The molecule has 0 bridgehead atoms. The SMILES string of the molecule is CN(C(=O)S)C1CN(c2ccc(N3CCN(C(=O)c4cnccc4Cl)CC3)c(F)c2)C(=O)O1. The van der Waals surface area contributed by atoms with Crippen LogP contribution in [0.15, 0.2) is 36.7 Å². The lowest BCUT2D eigenvalue weighted by Gasteiger charge is -2.36. The number of nitrogens with zero attached hydrogens (tertiary/aromatic N) is 5. The molecule has 0 N–H and O–H groups in total. The lowest BCUT2D eigenvalue weighted by atomic mass is 10.2. The van der Waals surface area contributed by atoms with Crippen molar-refractivity contribution in [3.8, 4) is 0 Å². The number of carbonyl (C=O) groups is 3. The van der Waals surface area contributed by atoms with Crippen LogP contribution >= 0.6 is 24.2 Å². The maximum Gasteiger partial charge on any atom is 0.416 e. The number of anilines is 2. The first-order chi connectivity index (χ1) is 15.8. The van der Waals surface area contributed by atoms with Crippen molar-refractivity contribution in [1.82, 2.24) is 14.8 Å². The van der Waals surface area contributed by atoms with Gasteiger partial charge in [0.1, 0.15) is 5.82 Å². The Bertz CT molecular complexity index is 1100. The molecule has 0 spiro atoms. The summed E-state index contributed by atoms with van der Waals surface area (Å²) in [4.78, 5) is 46.2. The summed E-state index contributed by atoms with van der Waals surface area (Å²) < 4.78 is 20.1. The van der Waals surface area contributed by atoms with Crippen molar-refractivity contribution < 1.29 is 23.5 Å². The molecule has 2 saturated heterocycles. The molecule has 33 heavy (non-hydrogen) atoms. The van der Waals surface area contributed by atoms with Gasteiger partial charge in [-0.05, 0) is 24.3 Å². The van der Waals surface area contributed by atoms with E-state index in [1.807, 2.05) is 4.90 Å². The van der Waals surface area contributed by atoms with Crippen LogP contribution < -0.4 is 9.80 Å². The van der Waals surface area contributed by atoms with Crippen molar-refractivity contribution in [1.29, 1.82) is 0 Å². The topological polar surface area (TPSA) is 86.3 Å². The van der Waals surface area contributed by atoms with Gasteiger partial charge in [0.2, 0.25) is 0 Å². The van der Waals surface area contributed by atoms with Gasteiger partial charge in [-0.1, -0.05) is 24.2 Å². The highest BCUT2D eigenvalue weighted by atomic mass is 35.5. The van der Waals surface area contributed by atoms with E-state index < -0.39 is 23.4 Å². The molecule has 1 unspecified atom stereocenters. The third-order valence-corrected chi connectivity index (χ3v) is 6.32. The molecule has 0 aliphatic carbocycles. The molecule has 0 saturated carbocycles. The van der Waals surface area contributed by atoms with Gasteiger partial charge >= 0.3 is 6.09 Å². The normalized spacial score (nSPS) is 18.4. The summed E-state index contributed by atoms with van der Waals surface area (Å²) in [7, 11) is 1.47. The second-order valence-electron chi connectivity index (χ2n) is 7.61. The highest BCUT2D eigenvalue weighted by Gasteiger charge is 2.36. The molecule has 1 atom stereocenters. The molecular formula is C21H21ClFN5O4S. The fraction of sp³-hybridized carbons (Fsp3) is 0.333. The number of aromatic nitrogens is 1. The predicted molar refractivity (Wildman–Crippen MR) is 124 cm³/mol. The minimum atomic E-state index is -0.802. The first kappa shape index (κ1) is 23.1.